The number of likely N-dealkylation sites (N-methyl/N-ethyl adjacent to an activating group) is 1. The standard InChI is InChI=1S/C25H24ClN5O3S/c1-31(35(2,33)34)25(32)24(13-17-6-5-7-18(12-17)16-29-28)30-23-11-10-19(14-22(23)26)21-9-4-3-8-20(21)15-27/h3-12,14,16,24,30H,13,28H2,1-2H3/t24-/m0/s1. The minimum Gasteiger partial charge on any atom is -0.372 e. The lowest BCUT2D eigenvalue weighted by Gasteiger charge is -2.25. The summed E-state index contributed by atoms with van der Waals surface area (Å²) in [5, 5.41) is 16.3. The number of hydrogen-bond donors (Lipinski definition) is 2. The summed E-state index contributed by atoms with van der Waals surface area (Å²) < 4.78 is 24.8. The number of nitrogens with two attached hydrogens (primary N) is 1. The Morgan fingerprint density at radius 2 is 1.94 bits per heavy atom. The molecule has 0 fully saturated rings. The van der Waals surface area contributed by atoms with Gasteiger partial charge in [0.15, 0.2) is 0 Å². The molecule has 0 spiro atoms. The van der Waals surface area contributed by atoms with Crippen molar-refractivity contribution >= 4 is 39.4 Å². The average molecular weight is 510 g/mol. The van der Waals surface area contributed by atoms with E-state index >= 15 is 0 Å². The van der Waals surface area contributed by atoms with Gasteiger partial charge in [0.2, 0.25) is 10.0 Å². The second-order valence-electron chi connectivity index (χ2n) is 7.84. The summed E-state index contributed by atoms with van der Waals surface area (Å²) in [6.45, 7) is 0. The fourth-order valence-electron chi connectivity index (χ4n) is 3.52. The van der Waals surface area contributed by atoms with Crippen molar-refractivity contribution in [3.05, 3.63) is 88.4 Å². The van der Waals surface area contributed by atoms with Gasteiger partial charge in [0.1, 0.15) is 6.04 Å². The molecule has 0 heterocycles. The number of hydrogen-bond acceptors (Lipinski definition) is 7. The first-order chi connectivity index (χ1) is 16.6. The zero-order valence-electron chi connectivity index (χ0n) is 19.1. The highest BCUT2D eigenvalue weighted by molar-refractivity contribution is 7.88. The van der Waals surface area contributed by atoms with Crippen LogP contribution in [0.5, 0.6) is 0 Å². The lowest BCUT2D eigenvalue weighted by Crippen LogP contribution is -2.44. The molecule has 0 saturated carbocycles. The van der Waals surface area contributed by atoms with Crippen molar-refractivity contribution < 1.29 is 13.2 Å². The third-order valence-corrected chi connectivity index (χ3v) is 6.87. The fraction of sp³-hybridized carbons (Fsp3) is 0.160. The van der Waals surface area contributed by atoms with Crippen LogP contribution >= 0.6 is 11.6 Å². The van der Waals surface area contributed by atoms with E-state index in [0.717, 1.165) is 28.5 Å². The first-order valence-corrected chi connectivity index (χ1v) is 12.7. The Kier molecular flexibility index (Phi) is 8.12. The summed E-state index contributed by atoms with van der Waals surface area (Å²) in [6.07, 6.45) is 2.63. The lowest BCUT2D eigenvalue weighted by molar-refractivity contribution is -0.126. The summed E-state index contributed by atoms with van der Waals surface area (Å²) in [4.78, 5) is 13.2. The van der Waals surface area contributed by atoms with Gasteiger partial charge in [-0.05, 0) is 40.5 Å². The Bertz CT molecular complexity index is 1420. The predicted molar refractivity (Wildman–Crippen MR) is 139 cm³/mol. The van der Waals surface area contributed by atoms with E-state index in [0.29, 0.717) is 20.6 Å². The maximum absolute atomic E-state index is 13.2. The van der Waals surface area contributed by atoms with Crippen molar-refractivity contribution in [3.8, 4) is 17.2 Å². The lowest BCUT2D eigenvalue weighted by atomic mass is 9.99. The van der Waals surface area contributed by atoms with E-state index < -0.39 is 22.0 Å². The molecule has 0 radical (unpaired) electrons. The molecule has 3 aromatic rings. The fourth-order valence-corrected chi connectivity index (χ4v) is 4.21. The Morgan fingerprint density at radius 3 is 2.60 bits per heavy atom. The van der Waals surface area contributed by atoms with E-state index in [1.807, 2.05) is 24.3 Å². The Balaban J connectivity index is 1.96. The smallest absolute Gasteiger partial charge is 0.258 e. The first kappa shape index (κ1) is 25.7. The van der Waals surface area contributed by atoms with Gasteiger partial charge in [0.05, 0.1) is 34.8 Å². The molecule has 1 atom stereocenters. The maximum atomic E-state index is 13.2. The van der Waals surface area contributed by atoms with Crippen molar-refractivity contribution in [1.82, 2.24) is 4.31 Å². The summed E-state index contributed by atoms with van der Waals surface area (Å²) in [5.74, 6) is 4.60. The molecule has 0 aromatic heterocycles. The quantitative estimate of drug-likeness (QED) is 0.271. The molecular formula is C25H24ClN5O3S. The minimum absolute atomic E-state index is 0.181. The number of halogens is 1. The first-order valence-electron chi connectivity index (χ1n) is 10.5. The van der Waals surface area contributed by atoms with Gasteiger partial charge in [-0.2, -0.15) is 10.4 Å². The largest absolute Gasteiger partial charge is 0.372 e. The highest BCUT2D eigenvalue weighted by Crippen LogP contribution is 2.31. The molecule has 3 aromatic carbocycles. The molecule has 35 heavy (non-hydrogen) atoms. The number of benzene rings is 3. The van der Waals surface area contributed by atoms with Gasteiger partial charge in [0.25, 0.3) is 5.91 Å². The number of nitriles is 1. The number of nitrogens with zero attached hydrogens (tertiary/aromatic N) is 3. The summed E-state index contributed by atoms with van der Waals surface area (Å²) in [6, 6.07) is 20.8. The van der Waals surface area contributed by atoms with Gasteiger partial charge in [-0.3, -0.25) is 4.79 Å². The van der Waals surface area contributed by atoms with Crippen molar-refractivity contribution in [2.24, 2.45) is 10.9 Å². The number of carbonyl (C=O) groups excluding carboxylic acids is 1. The number of amides is 1. The van der Waals surface area contributed by atoms with E-state index in [1.54, 1.807) is 42.5 Å². The second-order valence-corrected chi connectivity index (χ2v) is 10.3. The van der Waals surface area contributed by atoms with Crippen molar-refractivity contribution in [2.45, 2.75) is 12.5 Å². The van der Waals surface area contributed by atoms with Gasteiger partial charge in [-0.15, -0.1) is 0 Å². The molecule has 10 heteroatoms. The normalized spacial score (nSPS) is 12.2. The molecule has 0 saturated heterocycles. The highest BCUT2D eigenvalue weighted by Gasteiger charge is 2.28. The SMILES string of the molecule is CN(C(=O)[C@H](Cc1cccc(C=NN)c1)Nc1ccc(-c2ccccc2C#N)cc1Cl)S(C)(=O)=O. The van der Waals surface area contributed by atoms with Gasteiger partial charge in [-0.25, -0.2) is 12.7 Å². The number of hydrazone groups is 1. The number of rotatable bonds is 8. The van der Waals surface area contributed by atoms with Crippen molar-refractivity contribution in [2.75, 3.05) is 18.6 Å². The van der Waals surface area contributed by atoms with Gasteiger partial charge >= 0.3 is 0 Å². The van der Waals surface area contributed by atoms with E-state index in [9.17, 15) is 18.5 Å². The van der Waals surface area contributed by atoms with Crippen LogP contribution in [0, 0.1) is 11.3 Å². The van der Waals surface area contributed by atoms with Gasteiger partial charge < -0.3 is 11.2 Å². The van der Waals surface area contributed by atoms with Crippen LogP contribution in [0.1, 0.15) is 16.7 Å². The van der Waals surface area contributed by atoms with Crippen LogP contribution in [-0.2, 0) is 21.2 Å². The van der Waals surface area contributed by atoms with Crippen LogP contribution in [0.15, 0.2) is 71.8 Å². The second kappa shape index (κ2) is 11.0. The molecule has 3 N–H and O–H groups in total. The minimum atomic E-state index is -3.77. The molecule has 0 aliphatic rings. The summed E-state index contributed by atoms with van der Waals surface area (Å²) in [7, 11) is -2.55. The van der Waals surface area contributed by atoms with Crippen LogP contribution in [-0.4, -0.2) is 44.2 Å². The number of nitrogens with one attached hydrogen (secondary N) is 1. The summed E-state index contributed by atoms with van der Waals surface area (Å²) >= 11 is 6.54. The highest BCUT2D eigenvalue weighted by atomic mass is 35.5. The average Bonchev–Trinajstić information content (AvgIpc) is 2.83. The number of anilines is 1. The molecule has 1 amide bonds. The van der Waals surface area contributed by atoms with Crippen LogP contribution in [0.3, 0.4) is 0 Å². The summed E-state index contributed by atoms with van der Waals surface area (Å²) in [5.41, 5.74) is 3.93. The Labute approximate surface area is 209 Å². The molecule has 0 aliphatic heterocycles. The molecule has 0 bridgehead atoms. The molecule has 0 aliphatic carbocycles. The van der Waals surface area contributed by atoms with Crippen LogP contribution in [0.4, 0.5) is 5.69 Å². The molecular weight excluding hydrogens is 486 g/mol. The zero-order valence-corrected chi connectivity index (χ0v) is 20.7. The van der Waals surface area contributed by atoms with Crippen LogP contribution in [0.2, 0.25) is 5.02 Å². The Morgan fingerprint density at radius 1 is 1.20 bits per heavy atom. The number of carbonyl (C=O) groups is 1. The number of sulfonamides is 1. The third kappa shape index (κ3) is 6.38. The molecule has 8 nitrogen and oxygen atoms in total. The van der Waals surface area contributed by atoms with Crippen molar-refractivity contribution in [1.29, 1.82) is 5.26 Å². The monoisotopic (exact) mass is 509 g/mol. The zero-order chi connectivity index (χ0) is 25.6. The van der Waals surface area contributed by atoms with E-state index in [1.165, 1.54) is 13.3 Å². The van der Waals surface area contributed by atoms with Crippen LogP contribution < -0.4 is 11.2 Å². The van der Waals surface area contributed by atoms with Gasteiger partial charge in [0, 0.05) is 13.5 Å². The molecule has 0 unspecified atom stereocenters. The van der Waals surface area contributed by atoms with Gasteiger partial charge in [-0.1, -0.05) is 60.1 Å². The van der Waals surface area contributed by atoms with Crippen molar-refractivity contribution in [3.63, 3.8) is 0 Å². The maximum Gasteiger partial charge on any atom is 0.258 e. The topological polar surface area (TPSA) is 129 Å². The molecule has 180 valence electrons. The Hall–Kier alpha value is -3.87. The molecule has 3 rings (SSSR count). The predicted octanol–water partition coefficient (Wildman–Crippen LogP) is 3.61. The van der Waals surface area contributed by atoms with E-state index in [4.69, 9.17) is 17.4 Å². The van der Waals surface area contributed by atoms with E-state index in [-0.39, 0.29) is 6.42 Å². The van der Waals surface area contributed by atoms with Crippen LogP contribution in [0.25, 0.3) is 11.1 Å². The third-order valence-electron chi connectivity index (χ3n) is 5.38. The van der Waals surface area contributed by atoms with E-state index in [2.05, 4.69) is 16.5 Å².